The molecule has 1 N–H and O–H groups in total. The number of rotatable bonds is 9. The molecule has 28 heavy (non-hydrogen) atoms. The lowest BCUT2D eigenvalue weighted by molar-refractivity contribution is -0.138. The summed E-state index contributed by atoms with van der Waals surface area (Å²) >= 11 is 11.0. The molecule has 0 radical (unpaired) electrons. The van der Waals surface area contributed by atoms with Crippen molar-refractivity contribution in [1.82, 2.24) is 10.2 Å². The van der Waals surface area contributed by atoms with Crippen molar-refractivity contribution in [3.63, 3.8) is 0 Å². The summed E-state index contributed by atoms with van der Waals surface area (Å²) in [5.74, 6) is 0.816. The number of nitrogens with one attached hydrogen (secondary N) is 1. The molecule has 2 amide bonds. The van der Waals surface area contributed by atoms with Gasteiger partial charge in [0.15, 0.2) is 0 Å². The van der Waals surface area contributed by atoms with Gasteiger partial charge in [0, 0.05) is 28.3 Å². The minimum absolute atomic E-state index is 0.0687. The predicted octanol–water partition coefficient (Wildman–Crippen LogP) is 4.89. The number of benzene rings is 2. The number of amides is 2. The van der Waals surface area contributed by atoms with Gasteiger partial charge in [-0.1, -0.05) is 51.8 Å². The van der Waals surface area contributed by atoms with Crippen LogP contribution < -0.4 is 5.32 Å². The van der Waals surface area contributed by atoms with Gasteiger partial charge in [0.1, 0.15) is 6.04 Å². The zero-order valence-electron chi connectivity index (χ0n) is 16.0. The summed E-state index contributed by atoms with van der Waals surface area (Å²) in [5.41, 5.74) is 2.05. The van der Waals surface area contributed by atoms with Gasteiger partial charge in [-0.3, -0.25) is 9.59 Å². The van der Waals surface area contributed by atoms with Gasteiger partial charge in [0.05, 0.1) is 5.75 Å². The van der Waals surface area contributed by atoms with E-state index in [4.69, 9.17) is 11.6 Å². The van der Waals surface area contributed by atoms with Crippen molar-refractivity contribution in [3.05, 3.63) is 69.2 Å². The number of nitrogens with zero attached hydrogens (tertiary/aromatic N) is 1. The summed E-state index contributed by atoms with van der Waals surface area (Å²) in [6.07, 6.45) is 0. The van der Waals surface area contributed by atoms with Crippen LogP contribution in [0.15, 0.2) is 53.0 Å². The first-order valence-electron chi connectivity index (χ1n) is 9.04. The summed E-state index contributed by atoms with van der Waals surface area (Å²) in [6.45, 7) is 4.49. The summed E-state index contributed by atoms with van der Waals surface area (Å²) in [5, 5.41) is 3.41. The molecule has 0 fully saturated rings. The molecule has 0 saturated carbocycles. The van der Waals surface area contributed by atoms with Gasteiger partial charge in [-0.2, -0.15) is 0 Å². The van der Waals surface area contributed by atoms with Crippen LogP contribution in [0.4, 0.5) is 0 Å². The SMILES string of the molecule is CCNC(=O)[C@@H](C)N(Cc1cccc(Cl)c1)C(=O)CSCc1ccc(Br)cc1. The van der Waals surface area contributed by atoms with Crippen molar-refractivity contribution >= 4 is 51.1 Å². The smallest absolute Gasteiger partial charge is 0.242 e. The first-order chi connectivity index (χ1) is 13.4. The van der Waals surface area contributed by atoms with E-state index in [0.717, 1.165) is 21.4 Å². The second kappa shape index (κ2) is 11.5. The molecule has 4 nitrogen and oxygen atoms in total. The van der Waals surface area contributed by atoms with Crippen LogP contribution in [0.1, 0.15) is 25.0 Å². The molecule has 2 aromatic rings. The van der Waals surface area contributed by atoms with Crippen LogP contribution in [-0.2, 0) is 21.9 Å². The van der Waals surface area contributed by atoms with Crippen molar-refractivity contribution in [3.8, 4) is 0 Å². The van der Waals surface area contributed by atoms with E-state index in [1.165, 1.54) is 0 Å². The summed E-state index contributed by atoms with van der Waals surface area (Å²) < 4.78 is 1.03. The number of carbonyl (C=O) groups excluding carboxylic acids is 2. The highest BCUT2D eigenvalue weighted by atomic mass is 79.9. The van der Waals surface area contributed by atoms with E-state index in [1.807, 2.05) is 49.4 Å². The van der Waals surface area contributed by atoms with Crippen molar-refractivity contribution in [2.24, 2.45) is 0 Å². The molecule has 1 atom stereocenters. The highest BCUT2D eigenvalue weighted by Crippen LogP contribution is 2.19. The average Bonchev–Trinajstić information content (AvgIpc) is 2.67. The summed E-state index contributed by atoms with van der Waals surface area (Å²) in [7, 11) is 0. The Bertz CT molecular complexity index is 801. The quantitative estimate of drug-likeness (QED) is 0.552. The summed E-state index contributed by atoms with van der Waals surface area (Å²) in [4.78, 5) is 26.9. The molecule has 0 unspecified atom stereocenters. The van der Waals surface area contributed by atoms with Gasteiger partial charge in [-0.25, -0.2) is 0 Å². The van der Waals surface area contributed by atoms with Crippen molar-refractivity contribution < 1.29 is 9.59 Å². The van der Waals surface area contributed by atoms with Gasteiger partial charge < -0.3 is 10.2 Å². The third kappa shape index (κ3) is 7.15. The molecule has 0 bridgehead atoms. The molecule has 0 aliphatic heterocycles. The standard InChI is InChI=1S/C21H24BrClN2O2S/c1-3-24-21(27)15(2)25(12-17-5-4-6-19(23)11-17)20(26)14-28-13-16-7-9-18(22)10-8-16/h4-11,15H,3,12-14H2,1-2H3,(H,24,27)/t15-/m1/s1. The van der Waals surface area contributed by atoms with Crippen LogP contribution in [0.5, 0.6) is 0 Å². The van der Waals surface area contributed by atoms with Crippen LogP contribution >= 0.6 is 39.3 Å². The number of hydrogen-bond donors (Lipinski definition) is 1. The molecule has 2 rings (SSSR count). The van der Waals surface area contributed by atoms with Gasteiger partial charge in [-0.05, 0) is 49.2 Å². The van der Waals surface area contributed by atoms with E-state index in [9.17, 15) is 9.59 Å². The maximum absolute atomic E-state index is 12.9. The zero-order valence-corrected chi connectivity index (χ0v) is 19.1. The molecule has 0 saturated heterocycles. The molecular weight excluding hydrogens is 460 g/mol. The van der Waals surface area contributed by atoms with Gasteiger partial charge in [0.25, 0.3) is 0 Å². The van der Waals surface area contributed by atoms with Crippen LogP contribution in [0.25, 0.3) is 0 Å². The molecule has 2 aromatic carbocycles. The predicted molar refractivity (Wildman–Crippen MR) is 120 cm³/mol. The lowest BCUT2D eigenvalue weighted by Crippen LogP contribution is -2.48. The molecule has 0 spiro atoms. The Balaban J connectivity index is 2.04. The largest absolute Gasteiger partial charge is 0.355 e. The highest BCUT2D eigenvalue weighted by Gasteiger charge is 2.25. The fourth-order valence-corrected chi connectivity index (χ4v) is 4.00. The van der Waals surface area contributed by atoms with Crippen molar-refractivity contribution in [2.75, 3.05) is 12.3 Å². The van der Waals surface area contributed by atoms with Crippen LogP contribution in [0.3, 0.4) is 0 Å². The second-order valence-electron chi connectivity index (χ2n) is 6.34. The van der Waals surface area contributed by atoms with E-state index >= 15 is 0 Å². The Morgan fingerprint density at radius 1 is 1.18 bits per heavy atom. The number of likely N-dealkylation sites (N-methyl/N-ethyl adjacent to an activating group) is 1. The van der Waals surface area contributed by atoms with Crippen LogP contribution in [-0.4, -0.2) is 35.1 Å². The first kappa shape index (κ1) is 22.8. The normalized spacial score (nSPS) is 11.7. The Labute approximate surface area is 184 Å². The molecule has 7 heteroatoms. The fourth-order valence-electron chi connectivity index (χ4n) is 2.66. The molecular formula is C21H24BrClN2O2S. The lowest BCUT2D eigenvalue weighted by Gasteiger charge is -2.28. The molecule has 0 aromatic heterocycles. The van der Waals surface area contributed by atoms with Crippen LogP contribution in [0, 0.1) is 0 Å². The third-order valence-corrected chi connectivity index (χ3v) is 5.92. The van der Waals surface area contributed by atoms with Gasteiger partial charge >= 0.3 is 0 Å². The zero-order chi connectivity index (χ0) is 20.5. The third-order valence-electron chi connectivity index (χ3n) is 4.17. The first-order valence-corrected chi connectivity index (χ1v) is 11.4. The molecule has 150 valence electrons. The molecule has 0 aliphatic carbocycles. The fraction of sp³-hybridized carbons (Fsp3) is 0.333. The van der Waals surface area contributed by atoms with Crippen molar-refractivity contribution in [1.29, 1.82) is 0 Å². The Kier molecular flexibility index (Phi) is 9.35. The Morgan fingerprint density at radius 3 is 2.54 bits per heavy atom. The highest BCUT2D eigenvalue weighted by molar-refractivity contribution is 9.10. The average molecular weight is 484 g/mol. The number of hydrogen-bond acceptors (Lipinski definition) is 3. The van der Waals surface area contributed by atoms with E-state index in [0.29, 0.717) is 23.9 Å². The van der Waals surface area contributed by atoms with Crippen LogP contribution in [0.2, 0.25) is 5.02 Å². The maximum atomic E-state index is 12.9. The molecule has 0 aliphatic rings. The second-order valence-corrected chi connectivity index (χ2v) is 8.68. The minimum atomic E-state index is -0.556. The van der Waals surface area contributed by atoms with E-state index in [-0.39, 0.29) is 11.8 Å². The van der Waals surface area contributed by atoms with E-state index < -0.39 is 6.04 Å². The monoisotopic (exact) mass is 482 g/mol. The lowest BCUT2D eigenvalue weighted by atomic mass is 10.1. The van der Waals surface area contributed by atoms with Gasteiger partial charge in [0.2, 0.25) is 11.8 Å². The maximum Gasteiger partial charge on any atom is 0.242 e. The topological polar surface area (TPSA) is 49.4 Å². The molecule has 0 heterocycles. The summed E-state index contributed by atoms with van der Waals surface area (Å²) in [6, 6.07) is 14.8. The minimum Gasteiger partial charge on any atom is -0.355 e. The number of carbonyl (C=O) groups is 2. The Morgan fingerprint density at radius 2 is 1.89 bits per heavy atom. The van der Waals surface area contributed by atoms with E-state index in [1.54, 1.807) is 29.7 Å². The van der Waals surface area contributed by atoms with E-state index in [2.05, 4.69) is 21.2 Å². The Hall–Kier alpha value is -1.50. The van der Waals surface area contributed by atoms with Gasteiger partial charge in [-0.15, -0.1) is 11.8 Å². The number of thioether (sulfide) groups is 1. The van der Waals surface area contributed by atoms with Crippen molar-refractivity contribution in [2.45, 2.75) is 32.2 Å². The number of halogens is 2.